The molecule has 0 aliphatic carbocycles. The molecule has 5 nitrogen and oxygen atoms in total. The van der Waals surface area contributed by atoms with E-state index in [1.165, 1.54) is 0 Å². The molecule has 0 bridgehead atoms. The molecule has 0 fully saturated rings. The Bertz CT molecular complexity index is 548. The summed E-state index contributed by atoms with van der Waals surface area (Å²) >= 11 is 0. The number of hydrogen-bond donors (Lipinski definition) is 2. The van der Waals surface area contributed by atoms with Gasteiger partial charge in [-0.2, -0.15) is 26.3 Å². The van der Waals surface area contributed by atoms with Crippen LogP contribution in [-0.4, -0.2) is 22.9 Å². The molecule has 2 N–H and O–H groups in total. The van der Waals surface area contributed by atoms with Crippen molar-refractivity contribution in [1.82, 2.24) is 0 Å². The molecule has 122 valence electrons. The third-order valence-corrected chi connectivity index (χ3v) is 2.71. The fourth-order valence-corrected chi connectivity index (χ4v) is 1.79. The van der Waals surface area contributed by atoms with Gasteiger partial charge in [0.15, 0.2) is 0 Å². The molecule has 0 amide bonds. The number of hydrogen-bond acceptors (Lipinski definition) is 3. The van der Waals surface area contributed by atoms with E-state index in [1.807, 2.05) is 0 Å². The first-order valence-corrected chi connectivity index (χ1v) is 5.64. The Balaban J connectivity index is 3.50. The molecule has 0 radical (unpaired) electrons. The molecular formula is C11H9F6N3O2. The van der Waals surface area contributed by atoms with Crippen molar-refractivity contribution in [1.29, 1.82) is 0 Å². The van der Waals surface area contributed by atoms with Gasteiger partial charge in [0.1, 0.15) is 6.10 Å². The lowest BCUT2D eigenvalue weighted by Gasteiger charge is -2.24. The molecule has 11 heteroatoms. The van der Waals surface area contributed by atoms with Crippen LogP contribution in [0.5, 0.6) is 0 Å². The first kappa shape index (κ1) is 18.1. The molecule has 0 aromatic heterocycles. The van der Waals surface area contributed by atoms with E-state index in [4.69, 9.17) is 5.53 Å². The predicted molar refractivity (Wildman–Crippen MR) is 61.4 cm³/mol. The molecule has 0 aliphatic heterocycles. The number of azide groups is 1. The monoisotopic (exact) mass is 329 g/mol. The van der Waals surface area contributed by atoms with Crippen LogP contribution in [0.25, 0.3) is 10.4 Å². The molecule has 0 aliphatic rings. The second-order valence-corrected chi connectivity index (χ2v) is 4.19. The van der Waals surface area contributed by atoms with E-state index in [9.17, 15) is 36.6 Å². The van der Waals surface area contributed by atoms with Gasteiger partial charge in [0, 0.05) is 10.5 Å². The van der Waals surface area contributed by atoms with Crippen molar-refractivity contribution in [2.75, 3.05) is 6.54 Å². The summed E-state index contributed by atoms with van der Waals surface area (Å²) in [7, 11) is 0. The molecule has 2 unspecified atom stereocenters. The van der Waals surface area contributed by atoms with Crippen LogP contribution in [0.3, 0.4) is 0 Å². The smallest absolute Gasteiger partial charge is 0.390 e. The molecule has 1 rings (SSSR count). The van der Waals surface area contributed by atoms with Gasteiger partial charge in [-0.05, 0) is 17.7 Å². The molecule has 0 saturated heterocycles. The van der Waals surface area contributed by atoms with Gasteiger partial charge in [0.25, 0.3) is 0 Å². The van der Waals surface area contributed by atoms with Crippen molar-refractivity contribution in [3.05, 3.63) is 45.3 Å². The predicted octanol–water partition coefficient (Wildman–Crippen LogP) is 3.43. The highest BCUT2D eigenvalue weighted by Crippen LogP contribution is 2.42. The van der Waals surface area contributed by atoms with Crippen molar-refractivity contribution in [2.24, 2.45) is 5.11 Å². The minimum atomic E-state index is -5.17. The number of alkyl halides is 6. The Labute approximate surface area is 119 Å². The summed E-state index contributed by atoms with van der Waals surface area (Å²) in [6.07, 6.45) is -15.0. The van der Waals surface area contributed by atoms with Crippen LogP contribution in [0, 0.1) is 0 Å². The van der Waals surface area contributed by atoms with Crippen molar-refractivity contribution < 1.29 is 36.6 Å². The van der Waals surface area contributed by atoms with Crippen molar-refractivity contribution in [3.63, 3.8) is 0 Å². The highest BCUT2D eigenvalue weighted by molar-refractivity contribution is 5.41. The number of halogens is 6. The van der Waals surface area contributed by atoms with Crippen LogP contribution < -0.4 is 0 Å². The highest BCUT2D eigenvalue weighted by atomic mass is 19.4. The van der Waals surface area contributed by atoms with Crippen molar-refractivity contribution in [2.45, 2.75) is 24.6 Å². The number of aliphatic hydroxyl groups excluding tert-OH is 2. The van der Waals surface area contributed by atoms with Crippen molar-refractivity contribution in [3.8, 4) is 0 Å². The molecule has 22 heavy (non-hydrogen) atoms. The van der Waals surface area contributed by atoms with E-state index in [0.717, 1.165) is 0 Å². The molecule has 1 aromatic carbocycles. The molecular weight excluding hydrogens is 320 g/mol. The van der Waals surface area contributed by atoms with Gasteiger partial charge in [-0.3, -0.25) is 0 Å². The van der Waals surface area contributed by atoms with Crippen LogP contribution >= 0.6 is 0 Å². The first-order chi connectivity index (χ1) is 10.00. The molecule has 2 atom stereocenters. The number of aliphatic hydroxyl groups is 2. The summed E-state index contributed by atoms with van der Waals surface area (Å²) in [4.78, 5) is 2.20. The molecule has 0 heterocycles. The lowest BCUT2D eigenvalue weighted by Crippen LogP contribution is -2.27. The summed E-state index contributed by atoms with van der Waals surface area (Å²) in [5.74, 6) is 0. The number of benzene rings is 1. The largest absolute Gasteiger partial charge is 0.416 e. The minimum absolute atomic E-state index is 0.355. The quantitative estimate of drug-likeness (QED) is 0.383. The van der Waals surface area contributed by atoms with Crippen LogP contribution in [0.2, 0.25) is 0 Å². The first-order valence-electron chi connectivity index (χ1n) is 5.64. The Morgan fingerprint density at radius 1 is 1.05 bits per heavy atom. The van der Waals surface area contributed by atoms with E-state index >= 15 is 0 Å². The third-order valence-electron chi connectivity index (χ3n) is 2.71. The van der Waals surface area contributed by atoms with Gasteiger partial charge >= 0.3 is 12.4 Å². The Kier molecular flexibility index (Phi) is 5.28. The normalized spacial score (nSPS) is 15.1. The lowest BCUT2D eigenvalue weighted by molar-refractivity contribution is -0.147. The summed E-state index contributed by atoms with van der Waals surface area (Å²) < 4.78 is 77.1. The van der Waals surface area contributed by atoms with E-state index in [1.54, 1.807) is 0 Å². The number of rotatable bonds is 4. The van der Waals surface area contributed by atoms with Gasteiger partial charge in [0.2, 0.25) is 0 Å². The van der Waals surface area contributed by atoms with Crippen LogP contribution in [0.15, 0.2) is 23.3 Å². The second-order valence-electron chi connectivity index (χ2n) is 4.19. The van der Waals surface area contributed by atoms with E-state index in [2.05, 4.69) is 10.0 Å². The SMILES string of the molecule is [N-]=[N+]=NCC(O)C(O)c1c(C(F)(F)F)cccc1C(F)(F)F. The summed E-state index contributed by atoms with van der Waals surface area (Å²) in [6.45, 7) is -0.888. The minimum Gasteiger partial charge on any atom is -0.390 e. The van der Waals surface area contributed by atoms with Crippen LogP contribution in [-0.2, 0) is 12.4 Å². The standard InChI is InChI=1S/C11H9F6N3O2/c12-10(13,14)5-2-1-3-6(11(15,16)17)8(5)9(22)7(21)4-19-20-18/h1-3,7,9,21-22H,4H2. The van der Waals surface area contributed by atoms with E-state index in [-0.39, 0.29) is 0 Å². The second kappa shape index (κ2) is 6.42. The van der Waals surface area contributed by atoms with Gasteiger partial charge in [-0.25, -0.2) is 0 Å². The topological polar surface area (TPSA) is 89.2 Å². The van der Waals surface area contributed by atoms with Crippen LogP contribution in [0.1, 0.15) is 22.8 Å². The maximum atomic E-state index is 12.9. The number of nitrogens with zero attached hydrogens (tertiary/aromatic N) is 3. The Hall–Kier alpha value is -1.97. The zero-order valence-electron chi connectivity index (χ0n) is 10.6. The lowest BCUT2D eigenvalue weighted by atomic mass is 9.92. The highest BCUT2D eigenvalue weighted by Gasteiger charge is 2.43. The average Bonchev–Trinajstić information content (AvgIpc) is 2.41. The maximum Gasteiger partial charge on any atom is 0.416 e. The molecule has 0 saturated carbocycles. The van der Waals surface area contributed by atoms with E-state index in [0.29, 0.717) is 18.2 Å². The summed E-state index contributed by atoms with van der Waals surface area (Å²) in [5.41, 5.74) is 3.08. The van der Waals surface area contributed by atoms with Gasteiger partial charge < -0.3 is 10.2 Å². The molecule has 1 aromatic rings. The Morgan fingerprint density at radius 2 is 1.50 bits per heavy atom. The van der Waals surface area contributed by atoms with Crippen molar-refractivity contribution >= 4 is 0 Å². The fourth-order valence-electron chi connectivity index (χ4n) is 1.79. The van der Waals surface area contributed by atoms with E-state index < -0.39 is 47.8 Å². The summed E-state index contributed by atoms with van der Waals surface area (Å²) in [6, 6.07) is 1.25. The van der Waals surface area contributed by atoms with Gasteiger partial charge in [-0.1, -0.05) is 11.2 Å². The Morgan fingerprint density at radius 3 is 1.86 bits per heavy atom. The third kappa shape index (κ3) is 4.03. The fraction of sp³-hybridized carbons (Fsp3) is 0.455. The van der Waals surface area contributed by atoms with Gasteiger partial charge in [0.05, 0.1) is 23.8 Å². The average molecular weight is 329 g/mol. The summed E-state index contributed by atoms with van der Waals surface area (Å²) in [5, 5.41) is 21.9. The zero-order valence-corrected chi connectivity index (χ0v) is 10.6. The van der Waals surface area contributed by atoms with Crippen LogP contribution in [0.4, 0.5) is 26.3 Å². The zero-order chi connectivity index (χ0) is 17.1. The maximum absolute atomic E-state index is 12.9. The van der Waals surface area contributed by atoms with Gasteiger partial charge in [-0.15, -0.1) is 0 Å². The molecule has 0 spiro atoms.